The summed E-state index contributed by atoms with van der Waals surface area (Å²) in [5, 5.41) is 0. The van der Waals surface area contributed by atoms with Gasteiger partial charge in [0, 0.05) is 57.2 Å². The molecule has 1 saturated heterocycles. The van der Waals surface area contributed by atoms with Gasteiger partial charge in [-0.3, -0.25) is 14.4 Å². The van der Waals surface area contributed by atoms with Crippen molar-refractivity contribution in [2.45, 2.75) is 47.1 Å². The molecular weight excluding hydrogens is 366 g/mol. The lowest BCUT2D eigenvalue weighted by atomic mass is 9.90. The number of benzene rings is 1. The zero-order valence-corrected chi connectivity index (χ0v) is 18.7. The standard InChI is InChI=1S/C23H35N3O3/c1-7-25(16-17-8-10-18(11-9-17)20(27)24(5)6)21(28)19-12-14-26(15-13-19)22(29)23(2,3)4/h8-11,19H,7,12-16H2,1-6H3. The van der Waals surface area contributed by atoms with Gasteiger partial charge in [-0.1, -0.05) is 32.9 Å². The van der Waals surface area contributed by atoms with E-state index in [1.807, 2.05) is 61.8 Å². The topological polar surface area (TPSA) is 60.9 Å². The first-order valence-electron chi connectivity index (χ1n) is 10.4. The number of hydrogen-bond acceptors (Lipinski definition) is 3. The largest absolute Gasteiger partial charge is 0.345 e. The summed E-state index contributed by atoms with van der Waals surface area (Å²) in [6.07, 6.45) is 1.43. The Morgan fingerprint density at radius 1 is 1.03 bits per heavy atom. The van der Waals surface area contributed by atoms with Crippen LogP contribution >= 0.6 is 0 Å². The summed E-state index contributed by atoms with van der Waals surface area (Å²) < 4.78 is 0. The summed E-state index contributed by atoms with van der Waals surface area (Å²) in [6.45, 7) is 10.2. The molecule has 0 N–H and O–H groups in total. The molecule has 0 saturated carbocycles. The third-order valence-corrected chi connectivity index (χ3v) is 5.45. The number of hydrogen-bond donors (Lipinski definition) is 0. The highest BCUT2D eigenvalue weighted by Gasteiger charge is 2.33. The van der Waals surface area contributed by atoms with Crippen LogP contribution in [0.1, 0.15) is 56.5 Å². The van der Waals surface area contributed by atoms with Crippen LogP contribution in [0.5, 0.6) is 0 Å². The summed E-state index contributed by atoms with van der Waals surface area (Å²) in [5.41, 5.74) is 1.27. The van der Waals surface area contributed by atoms with Gasteiger partial charge in [0.2, 0.25) is 11.8 Å². The average molecular weight is 402 g/mol. The maximum absolute atomic E-state index is 13.0. The minimum Gasteiger partial charge on any atom is -0.345 e. The molecule has 0 unspecified atom stereocenters. The van der Waals surface area contributed by atoms with E-state index in [2.05, 4.69) is 0 Å². The summed E-state index contributed by atoms with van der Waals surface area (Å²) in [4.78, 5) is 42.8. The van der Waals surface area contributed by atoms with Crippen LogP contribution in [0.2, 0.25) is 0 Å². The van der Waals surface area contributed by atoms with Crippen LogP contribution in [-0.2, 0) is 16.1 Å². The van der Waals surface area contributed by atoms with E-state index in [0.29, 0.717) is 44.6 Å². The molecule has 0 bridgehead atoms. The molecular formula is C23H35N3O3. The molecule has 160 valence electrons. The van der Waals surface area contributed by atoms with Gasteiger partial charge in [-0.15, -0.1) is 0 Å². The zero-order chi connectivity index (χ0) is 21.8. The van der Waals surface area contributed by atoms with E-state index in [-0.39, 0.29) is 29.1 Å². The van der Waals surface area contributed by atoms with Crippen molar-refractivity contribution in [3.05, 3.63) is 35.4 Å². The van der Waals surface area contributed by atoms with Crippen molar-refractivity contribution in [2.75, 3.05) is 33.7 Å². The zero-order valence-electron chi connectivity index (χ0n) is 18.7. The van der Waals surface area contributed by atoms with Gasteiger partial charge in [0.15, 0.2) is 0 Å². The Kier molecular flexibility index (Phi) is 7.44. The van der Waals surface area contributed by atoms with E-state index >= 15 is 0 Å². The highest BCUT2D eigenvalue weighted by atomic mass is 16.2. The Morgan fingerprint density at radius 2 is 1.59 bits per heavy atom. The van der Waals surface area contributed by atoms with Crippen molar-refractivity contribution in [3.63, 3.8) is 0 Å². The normalized spacial score (nSPS) is 15.2. The Hall–Kier alpha value is -2.37. The number of amides is 3. The molecule has 0 aliphatic carbocycles. The van der Waals surface area contributed by atoms with Crippen LogP contribution in [-0.4, -0.2) is 66.2 Å². The lowest BCUT2D eigenvalue weighted by Crippen LogP contribution is -2.47. The minimum atomic E-state index is -0.383. The summed E-state index contributed by atoms with van der Waals surface area (Å²) in [7, 11) is 3.46. The Morgan fingerprint density at radius 3 is 2.03 bits per heavy atom. The van der Waals surface area contributed by atoms with Gasteiger partial charge in [0.1, 0.15) is 0 Å². The van der Waals surface area contributed by atoms with Gasteiger partial charge in [0.25, 0.3) is 5.91 Å². The van der Waals surface area contributed by atoms with Crippen molar-refractivity contribution in [1.29, 1.82) is 0 Å². The second kappa shape index (κ2) is 9.42. The molecule has 0 radical (unpaired) electrons. The van der Waals surface area contributed by atoms with Crippen LogP contribution in [0.4, 0.5) is 0 Å². The number of carbonyl (C=O) groups excluding carboxylic acids is 3. The first-order chi connectivity index (χ1) is 13.5. The van der Waals surface area contributed by atoms with E-state index in [1.54, 1.807) is 19.0 Å². The highest BCUT2D eigenvalue weighted by Crippen LogP contribution is 2.25. The van der Waals surface area contributed by atoms with Crippen LogP contribution in [0.25, 0.3) is 0 Å². The van der Waals surface area contributed by atoms with Gasteiger partial charge in [-0.25, -0.2) is 0 Å². The fourth-order valence-electron chi connectivity index (χ4n) is 3.64. The Labute approximate surface area is 174 Å². The van der Waals surface area contributed by atoms with Crippen molar-refractivity contribution < 1.29 is 14.4 Å². The average Bonchev–Trinajstić information content (AvgIpc) is 2.70. The monoisotopic (exact) mass is 401 g/mol. The van der Waals surface area contributed by atoms with Gasteiger partial charge < -0.3 is 14.7 Å². The number of carbonyl (C=O) groups is 3. The van der Waals surface area contributed by atoms with Crippen molar-refractivity contribution in [2.24, 2.45) is 11.3 Å². The molecule has 2 rings (SSSR count). The van der Waals surface area contributed by atoms with Gasteiger partial charge in [-0.2, -0.15) is 0 Å². The quantitative estimate of drug-likeness (QED) is 0.762. The third-order valence-electron chi connectivity index (χ3n) is 5.45. The summed E-state index contributed by atoms with van der Waals surface area (Å²) in [5.74, 6) is 0.247. The second-order valence-electron chi connectivity index (χ2n) is 9.07. The molecule has 6 nitrogen and oxygen atoms in total. The lowest BCUT2D eigenvalue weighted by molar-refractivity contribution is -0.145. The molecule has 1 heterocycles. The van der Waals surface area contributed by atoms with Gasteiger partial charge >= 0.3 is 0 Å². The molecule has 1 aliphatic heterocycles. The number of nitrogens with zero attached hydrogens (tertiary/aromatic N) is 3. The van der Waals surface area contributed by atoms with Crippen LogP contribution in [0.15, 0.2) is 24.3 Å². The minimum absolute atomic E-state index is 0.0310. The molecule has 1 fully saturated rings. The fraction of sp³-hybridized carbons (Fsp3) is 0.609. The van der Waals surface area contributed by atoms with Crippen molar-refractivity contribution in [3.8, 4) is 0 Å². The fourth-order valence-corrected chi connectivity index (χ4v) is 3.64. The van der Waals surface area contributed by atoms with Crippen molar-refractivity contribution in [1.82, 2.24) is 14.7 Å². The summed E-state index contributed by atoms with van der Waals surface area (Å²) in [6, 6.07) is 7.45. The SMILES string of the molecule is CCN(Cc1ccc(C(=O)N(C)C)cc1)C(=O)C1CCN(C(=O)C(C)(C)C)CC1. The van der Waals surface area contributed by atoms with Crippen molar-refractivity contribution >= 4 is 17.7 Å². The molecule has 0 atom stereocenters. The predicted molar refractivity (Wildman–Crippen MR) is 114 cm³/mol. The van der Waals surface area contributed by atoms with Gasteiger partial charge in [-0.05, 0) is 37.5 Å². The lowest BCUT2D eigenvalue weighted by Gasteiger charge is -2.36. The number of rotatable bonds is 5. The van der Waals surface area contributed by atoms with E-state index in [1.165, 1.54) is 0 Å². The number of piperidine rings is 1. The highest BCUT2D eigenvalue weighted by molar-refractivity contribution is 5.93. The summed E-state index contributed by atoms with van der Waals surface area (Å²) >= 11 is 0. The maximum Gasteiger partial charge on any atom is 0.253 e. The molecule has 1 aliphatic rings. The molecule has 3 amide bonds. The second-order valence-corrected chi connectivity index (χ2v) is 9.07. The first kappa shape index (κ1) is 22.9. The third kappa shape index (κ3) is 5.81. The molecule has 1 aromatic carbocycles. The van der Waals surface area contributed by atoms with E-state index in [0.717, 1.165) is 5.56 Å². The van der Waals surface area contributed by atoms with E-state index in [4.69, 9.17) is 0 Å². The maximum atomic E-state index is 13.0. The Balaban J connectivity index is 1.96. The molecule has 29 heavy (non-hydrogen) atoms. The predicted octanol–water partition coefficient (Wildman–Crippen LogP) is 3.02. The molecule has 0 spiro atoms. The Bertz CT molecular complexity index is 727. The van der Waals surface area contributed by atoms with Crippen LogP contribution < -0.4 is 0 Å². The molecule has 1 aromatic rings. The smallest absolute Gasteiger partial charge is 0.253 e. The van der Waals surface area contributed by atoms with Crippen LogP contribution in [0.3, 0.4) is 0 Å². The molecule has 6 heteroatoms. The van der Waals surface area contributed by atoms with E-state index < -0.39 is 0 Å². The molecule has 0 aromatic heterocycles. The number of likely N-dealkylation sites (tertiary alicyclic amines) is 1. The first-order valence-corrected chi connectivity index (χ1v) is 10.4. The van der Waals surface area contributed by atoms with Crippen LogP contribution in [0, 0.1) is 11.3 Å². The van der Waals surface area contributed by atoms with E-state index in [9.17, 15) is 14.4 Å². The van der Waals surface area contributed by atoms with Gasteiger partial charge in [0.05, 0.1) is 0 Å².